The first-order chi connectivity index (χ1) is 7.77. The SMILES string of the molecule is CCC(=O)[C@H](CC)COCc1ccccc1. The molecule has 1 aromatic rings. The monoisotopic (exact) mass is 220 g/mol. The van der Waals surface area contributed by atoms with E-state index in [4.69, 9.17) is 4.74 Å². The summed E-state index contributed by atoms with van der Waals surface area (Å²) in [5.74, 6) is 0.365. The normalized spacial score (nSPS) is 12.4. The van der Waals surface area contributed by atoms with E-state index in [9.17, 15) is 4.79 Å². The molecule has 0 saturated heterocycles. The van der Waals surface area contributed by atoms with Crippen molar-refractivity contribution in [3.8, 4) is 0 Å². The molecule has 0 heterocycles. The highest BCUT2D eigenvalue weighted by Crippen LogP contribution is 2.09. The van der Waals surface area contributed by atoms with Gasteiger partial charge < -0.3 is 4.74 Å². The number of hydrogen-bond acceptors (Lipinski definition) is 2. The summed E-state index contributed by atoms with van der Waals surface area (Å²) in [4.78, 5) is 11.5. The van der Waals surface area contributed by atoms with Gasteiger partial charge in [0.1, 0.15) is 5.78 Å². The minimum Gasteiger partial charge on any atom is -0.376 e. The lowest BCUT2D eigenvalue weighted by Gasteiger charge is -2.13. The molecule has 1 rings (SSSR count). The smallest absolute Gasteiger partial charge is 0.137 e. The van der Waals surface area contributed by atoms with Gasteiger partial charge in [-0.1, -0.05) is 44.2 Å². The number of rotatable bonds is 7. The van der Waals surface area contributed by atoms with E-state index in [-0.39, 0.29) is 5.92 Å². The fraction of sp³-hybridized carbons (Fsp3) is 0.500. The van der Waals surface area contributed by atoms with Gasteiger partial charge in [-0.05, 0) is 12.0 Å². The summed E-state index contributed by atoms with van der Waals surface area (Å²) in [6.07, 6.45) is 1.47. The van der Waals surface area contributed by atoms with Crippen LogP contribution in [0.2, 0.25) is 0 Å². The van der Waals surface area contributed by atoms with Crippen LogP contribution in [0.15, 0.2) is 30.3 Å². The molecule has 1 atom stereocenters. The summed E-state index contributed by atoms with van der Waals surface area (Å²) in [5, 5.41) is 0. The van der Waals surface area contributed by atoms with Crippen LogP contribution in [0.1, 0.15) is 32.3 Å². The van der Waals surface area contributed by atoms with E-state index in [0.29, 0.717) is 25.4 Å². The Morgan fingerprint density at radius 1 is 1.25 bits per heavy atom. The molecule has 0 bridgehead atoms. The van der Waals surface area contributed by atoms with Gasteiger partial charge in [0.05, 0.1) is 13.2 Å². The summed E-state index contributed by atoms with van der Waals surface area (Å²) < 4.78 is 5.57. The third kappa shape index (κ3) is 4.15. The van der Waals surface area contributed by atoms with Crippen molar-refractivity contribution in [3.63, 3.8) is 0 Å². The van der Waals surface area contributed by atoms with E-state index >= 15 is 0 Å². The molecule has 1 aromatic carbocycles. The van der Waals surface area contributed by atoms with Crippen molar-refractivity contribution in [1.29, 1.82) is 0 Å². The Balaban J connectivity index is 2.31. The van der Waals surface area contributed by atoms with Gasteiger partial charge in [0, 0.05) is 12.3 Å². The first kappa shape index (κ1) is 12.9. The topological polar surface area (TPSA) is 26.3 Å². The standard InChI is InChI=1S/C14H20O2/c1-3-13(14(15)4-2)11-16-10-12-8-6-5-7-9-12/h5-9,13H,3-4,10-11H2,1-2H3/t13-/m1/s1. The van der Waals surface area contributed by atoms with Gasteiger partial charge in [-0.3, -0.25) is 4.79 Å². The van der Waals surface area contributed by atoms with Crippen LogP contribution in [0, 0.1) is 5.92 Å². The molecule has 0 aliphatic carbocycles. The highest BCUT2D eigenvalue weighted by molar-refractivity contribution is 5.80. The maximum Gasteiger partial charge on any atom is 0.137 e. The number of hydrogen-bond donors (Lipinski definition) is 0. The van der Waals surface area contributed by atoms with Crippen LogP contribution in [0.5, 0.6) is 0 Å². The van der Waals surface area contributed by atoms with Crippen LogP contribution >= 0.6 is 0 Å². The van der Waals surface area contributed by atoms with E-state index in [2.05, 4.69) is 0 Å². The lowest BCUT2D eigenvalue weighted by molar-refractivity contribution is -0.124. The van der Waals surface area contributed by atoms with Crippen molar-refractivity contribution in [2.45, 2.75) is 33.3 Å². The summed E-state index contributed by atoms with van der Waals surface area (Å²) in [6, 6.07) is 10.0. The quantitative estimate of drug-likeness (QED) is 0.705. The Hall–Kier alpha value is -1.15. The Bertz CT molecular complexity index is 306. The summed E-state index contributed by atoms with van der Waals surface area (Å²) in [5.41, 5.74) is 1.15. The predicted octanol–water partition coefficient (Wildman–Crippen LogP) is 3.21. The van der Waals surface area contributed by atoms with Crippen molar-refractivity contribution < 1.29 is 9.53 Å². The maximum atomic E-state index is 11.5. The number of carbonyl (C=O) groups excluding carboxylic acids is 1. The number of carbonyl (C=O) groups is 1. The average Bonchev–Trinajstić information content (AvgIpc) is 2.35. The molecule has 0 radical (unpaired) electrons. The van der Waals surface area contributed by atoms with E-state index < -0.39 is 0 Å². The maximum absolute atomic E-state index is 11.5. The van der Waals surface area contributed by atoms with Crippen LogP contribution in [-0.4, -0.2) is 12.4 Å². The fourth-order valence-corrected chi connectivity index (χ4v) is 1.62. The molecular weight excluding hydrogens is 200 g/mol. The summed E-state index contributed by atoms with van der Waals surface area (Å²) in [7, 11) is 0. The Morgan fingerprint density at radius 3 is 2.50 bits per heavy atom. The number of Topliss-reactive ketones (excluding diaryl/α,β-unsaturated/α-hetero) is 1. The first-order valence-corrected chi connectivity index (χ1v) is 5.92. The highest BCUT2D eigenvalue weighted by Gasteiger charge is 2.14. The Labute approximate surface area is 97.6 Å². The molecule has 88 valence electrons. The Kier molecular flexibility index (Phi) is 5.79. The van der Waals surface area contributed by atoms with Gasteiger partial charge in [0.15, 0.2) is 0 Å². The molecule has 0 fully saturated rings. The van der Waals surface area contributed by atoms with Gasteiger partial charge >= 0.3 is 0 Å². The number of benzene rings is 1. The van der Waals surface area contributed by atoms with Crippen LogP contribution in [0.3, 0.4) is 0 Å². The van der Waals surface area contributed by atoms with E-state index in [0.717, 1.165) is 12.0 Å². The molecular formula is C14H20O2. The zero-order chi connectivity index (χ0) is 11.8. The second-order valence-corrected chi connectivity index (χ2v) is 3.93. The molecule has 2 heteroatoms. The van der Waals surface area contributed by atoms with Crippen molar-refractivity contribution in [3.05, 3.63) is 35.9 Å². The molecule has 0 aromatic heterocycles. The van der Waals surface area contributed by atoms with E-state index in [1.54, 1.807) is 0 Å². The third-order valence-corrected chi connectivity index (χ3v) is 2.73. The predicted molar refractivity (Wildman–Crippen MR) is 65.2 cm³/mol. The second-order valence-electron chi connectivity index (χ2n) is 3.93. The number of ketones is 1. The summed E-state index contributed by atoms with van der Waals surface area (Å²) >= 11 is 0. The molecule has 2 nitrogen and oxygen atoms in total. The fourth-order valence-electron chi connectivity index (χ4n) is 1.62. The lowest BCUT2D eigenvalue weighted by atomic mass is 10.0. The molecule has 0 saturated carbocycles. The third-order valence-electron chi connectivity index (χ3n) is 2.73. The molecule has 16 heavy (non-hydrogen) atoms. The van der Waals surface area contributed by atoms with Crippen LogP contribution in [-0.2, 0) is 16.1 Å². The zero-order valence-electron chi connectivity index (χ0n) is 10.1. The molecule has 0 N–H and O–H groups in total. The van der Waals surface area contributed by atoms with Crippen LogP contribution < -0.4 is 0 Å². The minimum absolute atomic E-state index is 0.0636. The van der Waals surface area contributed by atoms with Gasteiger partial charge in [-0.2, -0.15) is 0 Å². The lowest BCUT2D eigenvalue weighted by Crippen LogP contribution is -2.18. The van der Waals surface area contributed by atoms with Gasteiger partial charge in [-0.15, -0.1) is 0 Å². The molecule has 0 aliphatic rings. The minimum atomic E-state index is 0.0636. The van der Waals surface area contributed by atoms with Crippen LogP contribution in [0.25, 0.3) is 0 Å². The van der Waals surface area contributed by atoms with Crippen LogP contribution in [0.4, 0.5) is 0 Å². The van der Waals surface area contributed by atoms with Gasteiger partial charge in [0.2, 0.25) is 0 Å². The highest BCUT2D eigenvalue weighted by atomic mass is 16.5. The summed E-state index contributed by atoms with van der Waals surface area (Å²) in [6.45, 7) is 5.07. The molecule has 0 amide bonds. The van der Waals surface area contributed by atoms with Crippen molar-refractivity contribution in [1.82, 2.24) is 0 Å². The van der Waals surface area contributed by atoms with Crippen molar-refractivity contribution >= 4 is 5.78 Å². The van der Waals surface area contributed by atoms with E-state index in [1.165, 1.54) is 0 Å². The first-order valence-electron chi connectivity index (χ1n) is 5.92. The van der Waals surface area contributed by atoms with Crippen molar-refractivity contribution in [2.75, 3.05) is 6.61 Å². The van der Waals surface area contributed by atoms with E-state index in [1.807, 2.05) is 44.2 Å². The molecule has 0 aliphatic heterocycles. The zero-order valence-corrected chi connectivity index (χ0v) is 10.1. The number of ether oxygens (including phenoxy) is 1. The average molecular weight is 220 g/mol. The van der Waals surface area contributed by atoms with Gasteiger partial charge in [-0.25, -0.2) is 0 Å². The van der Waals surface area contributed by atoms with Gasteiger partial charge in [0.25, 0.3) is 0 Å². The Morgan fingerprint density at radius 2 is 1.94 bits per heavy atom. The molecule has 0 spiro atoms. The largest absolute Gasteiger partial charge is 0.376 e. The second kappa shape index (κ2) is 7.18. The van der Waals surface area contributed by atoms with Crippen molar-refractivity contribution in [2.24, 2.45) is 5.92 Å². The molecule has 0 unspecified atom stereocenters.